The number of rotatable bonds is 4. The second kappa shape index (κ2) is 5.65. The summed E-state index contributed by atoms with van der Waals surface area (Å²) in [6.07, 6.45) is -0.358. The van der Waals surface area contributed by atoms with Crippen molar-refractivity contribution < 1.29 is 19.1 Å². The molecule has 0 amide bonds. The molecule has 0 atom stereocenters. The molecule has 1 N–H and O–H groups in total. The standard InChI is InChI=1S/C16H13FO3/c1-10-2-7-14(18)13(8-10)16(20)9-15(19)11-3-5-12(17)6-4-11/h2-8,18H,9H2,1H3. The van der Waals surface area contributed by atoms with Gasteiger partial charge in [-0.15, -0.1) is 0 Å². The quantitative estimate of drug-likeness (QED) is 0.686. The molecule has 0 bridgehead atoms. The summed E-state index contributed by atoms with van der Waals surface area (Å²) in [6, 6.07) is 9.64. The third-order valence-corrected chi connectivity index (χ3v) is 2.94. The van der Waals surface area contributed by atoms with Crippen LogP contribution in [0.15, 0.2) is 42.5 Å². The van der Waals surface area contributed by atoms with Crippen LogP contribution in [-0.4, -0.2) is 16.7 Å². The predicted octanol–water partition coefficient (Wildman–Crippen LogP) is 3.30. The fourth-order valence-electron chi connectivity index (χ4n) is 1.85. The Hall–Kier alpha value is -2.49. The van der Waals surface area contributed by atoms with E-state index in [0.29, 0.717) is 0 Å². The van der Waals surface area contributed by atoms with Crippen LogP contribution in [0.2, 0.25) is 0 Å². The van der Waals surface area contributed by atoms with Crippen LogP contribution in [0.3, 0.4) is 0 Å². The zero-order valence-corrected chi connectivity index (χ0v) is 10.9. The molecule has 0 fully saturated rings. The number of phenolic OH excluding ortho intramolecular Hbond substituents is 1. The molecule has 2 aromatic rings. The summed E-state index contributed by atoms with van der Waals surface area (Å²) in [6.45, 7) is 1.79. The van der Waals surface area contributed by atoms with Crippen LogP contribution in [0.4, 0.5) is 4.39 Å². The molecule has 4 heteroatoms. The smallest absolute Gasteiger partial charge is 0.174 e. The molecule has 2 rings (SSSR count). The Labute approximate surface area is 115 Å². The molecule has 2 aromatic carbocycles. The summed E-state index contributed by atoms with van der Waals surface area (Å²) in [5.41, 5.74) is 1.22. The van der Waals surface area contributed by atoms with Crippen molar-refractivity contribution in [3.63, 3.8) is 0 Å². The van der Waals surface area contributed by atoms with Crippen molar-refractivity contribution in [2.45, 2.75) is 13.3 Å². The van der Waals surface area contributed by atoms with Crippen molar-refractivity contribution in [1.29, 1.82) is 0 Å². The number of carbonyl (C=O) groups is 2. The lowest BCUT2D eigenvalue weighted by Crippen LogP contribution is -2.09. The SMILES string of the molecule is Cc1ccc(O)c(C(=O)CC(=O)c2ccc(F)cc2)c1. The van der Waals surface area contributed by atoms with Crippen molar-refractivity contribution >= 4 is 11.6 Å². The van der Waals surface area contributed by atoms with Gasteiger partial charge in [0.05, 0.1) is 12.0 Å². The Balaban J connectivity index is 2.17. The number of phenols is 1. The van der Waals surface area contributed by atoms with Crippen LogP contribution in [0.25, 0.3) is 0 Å². The lowest BCUT2D eigenvalue weighted by atomic mass is 9.99. The molecule has 0 spiro atoms. The maximum absolute atomic E-state index is 12.8. The van der Waals surface area contributed by atoms with Gasteiger partial charge in [0, 0.05) is 5.56 Å². The Kier molecular flexibility index (Phi) is 3.94. The van der Waals surface area contributed by atoms with E-state index in [0.717, 1.165) is 5.56 Å². The fourth-order valence-corrected chi connectivity index (χ4v) is 1.85. The molecule has 0 aromatic heterocycles. The predicted molar refractivity (Wildman–Crippen MR) is 72.5 cm³/mol. The molecule has 0 aliphatic heterocycles. The highest BCUT2D eigenvalue weighted by atomic mass is 19.1. The van der Waals surface area contributed by atoms with Gasteiger partial charge in [0.15, 0.2) is 11.6 Å². The first-order valence-corrected chi connectivity index (χ1v) is 6.09. The average Bonchev–Trinajstić information content (AvgIpc) is 2.42. The number of aromatic hydroxyl groups is 1. The van der Waals surface area contributed by atoms with Gasteiger partial charge in [0.25, 0.3) is 0 Å². The zero-order valence-electron chi connectivity index (χ0n) is 10.9. The summed E-state index contributed by atoms with van der Waals surface area (Å²) in [7, 11) is 0. The van der Waals surface area contributed by atoms with Gasteiger partial charge in [0.2, 0.25) is 0 Å². The van der Waals surface area contributed by atoms with E-state index in [1.165, 1.54) is 36.4 Å². The third-order valence-electron chi connectivity index (χ3n) is 2.94. The van der Waals surface area contributed by atoms with Crippen molar-refractivity contribution in [1.82, 2.24) is 0 Å². The molecule has 0 saturated heterocycles. The third kappa shape index (κ3) is 3.09. The highest BCUT2D eigenvalue weighted by molar-refractivity contribution is 6.14. The molecule has 0 heterocycles. The Morgan fingerprint density at radius 2 is 1.70 bits per heavy atom. The number of carbonyl (C=O) groups excluding carboxylic acids is 2. The zero-order chi connectivity index (χ0) is 14.7. The van der Waals surface area contributed by atoms with Crippen molar-refractivity contribution in [2.75, 3.05) is 0 Å². The number of hydrogen-bond acceptors (Lipinski definition) is 3. The van der Waals surface area contributed by atoms with E-state index in [-0.39, 0.29) is 23.3 Å². The van der Waals surface area contributed by atoms with Gasteiger partial charge in [0.1, 0.15) is 11.6 Å². The van der Waals surface area contributed by atoms with E-state index >= 15 is 0 Å². The lowest BCUT2D eigenvalue weighted by molar-refractivity contribution is 0.0893. The number of ketones is 2. The first-order valence-electron chi connectivity index (χ1n) is 6.09. The minimum Gasteiger partial charge on any atom is -0.507 e. The van der Waals surface area contributed by atoms with Gasteiger partial charge in [-0.1, -0.05) is 11.6 Å². The van der Waals surface area contributed by atoms with Gasteiger partial charge >= 0.3 is 0 Å². The molecule has 0 unspecified atom stereocenters. The largest absolute Gasteiger partial charge is 0.507 e. The first kappa shape index (κ1) is 13.9. The number of benzene rings is 2. The first-order chi connectivity index (χ1) is 9.47. The van der Waals surface area contributed by atoms with Crippen LogP contribution in [0, 0.1) is 12.7 Å². The Morgan fingerprint density at radius 1 is 1.05 bits per heavy atom. The number of halogens is 1. The number of aryl methyl sites for hydroxylation is 1. The molecule has 3 nitrogen and oxygen atoms in total. The second-order valence-corrected chi connectivity index (χ2v) is 4.55. The second-order valence-electron chi connectivity index (χ2n) is 4.55. The van der Waals surface area contributed by atoms with Gasteiger partial charge in [-0.05, 0) is 43.3 Å². The Morgan fingerprint density at radius 3 is 2.35 bits per heavy atom. The van der Waals surface area contributed by atoms with E-state index in [4.69, 9.17) is 0 Å². The minimum atomic E-state index is -0.458. The van der Waals surface area contributed by atoms with Crippen LogP contribution >= 0.6 is 0 Å². The molecule has 0 aliphatic rings. The summed E-state index contributed by atoms with van der Waals surface area (Å²) in [4.78, 5) is 23.9. The molecule has 20 heavy (non-hydrogen) atoms. The molecule has 0 aliphatic carbocycles. The summed E-state index contributed by atoms with van der Waals surface area (Å²) in [5.74, 6) is -1.45. The molecular weight excluding hydrogens is 259 g/mol. The van der Waals surface area contributed by atoms with Crippen LogP contribution < -0.4 is 0 Å². The number of hydrogen-bond donors (Lipinski definition) is 1. The summed E-state index contributed by atoms with van der Waals surface area (Å²) < 4.78 is 12.8. The maximum atomic E-state index is 12.8. The normalized spacial score (nSPS) is 10.3. The van der Waals surface area contributed by atoms with Gasteiger partial charge in [-0.25, -0.2) is 4.39 Å². The van der Waals surface area contributed by atoms with Crippen molar-refractivity contribution in [2.24, 2.45) is 0 Å². The highest BCUT2D eigenvalue weighted by Gasteiger charge is 2.16. The van der Waals surface area contributed by atoms with Crippen molar-refractivity contribution in [3.8, 4) is 5.75 Å². The van der Waals surface area contributed by atoms with Crippen molar-refractivity contribution in [3.05, 3.63) is 65.0 Å². The van der Waals surface area contributed by atoms with E-state index in [9.17, 15) is 19.1 Å². The number of Topliss-reactive ketones (excluding diaryl/α,β-unsaturated/α-hetero) is 2. The van der Waals surface area contributed by atoms with E-state index in [2.05, 4.69) is 0 Å². The minimum absolute atomic E-state index is 0.125. The topological polar surface area (TPSA) is 54.4 Å². The molecule has 0 saturated carbocycles. The fraction of sp³-hybridized carbons (Fsp3) is 0.125. The van der Waals surface area contributed by atoms with Crippen LogP contribution in [0.5, 0.6) is 5.75 Å². The maximum Gasteiger partial charge on any atom is 0.174 e. The monoisotopic (exact) mass is 272 g/mol. The van der Waals surface area contributed by atoms with E-state index < -0.39 is 17.4 Å². The van der Waals surface area contributed by atoms with E-state index in [1.807, 2.05) is 0 Å². The molecule has 102 valence electrons. The highest BCUT2D eigenvalue weighted by Crippen LogP contribution is 2.20. The Bertz CT molecular complexity index is 660. The van der Waals surface area contributed by atoms with E-state index in [1.54, 1.807) is 13.0 Å². The summed E-state index contributed by atoms with van der Waals surface area (Å²) in [5, 5.41) is 9.64. The molecular formula is C16H13FO3. The van der Waals surface area contributed by atoms with Crippen LogP contribution in [-0.2, 0) is 0 Å². The van der Waals surface area contributed by atoms with Gasteiger partial charge in [-0.3, -0.25) is 9.59 Å². The average molecular weight is 272 g/mol. The summed E-state index contributed by atoms with van der Waals surface area (Å²) >= 11 is 0. The lowest BCUT2D eigenvalue weighted by Gasteiger charge is -2.05. The van der Waals surface area contributed by atoms with Gasteiger partial charge in [-0.2, -0.15) is 0 Å². The van der Waals surface area contributed by atoms with Crippen LogP contribution in [0.1, 0.15) is 32.7 Å². The van der Waals surface area contributed by atoms with Gasteiger partial charge < -0.3 is 5.11 Å². The molecule has 0 radical (unpaired) electrons.